The number of amides is 1. The number of nitrogens with zero attached hydrogens (tertiary/aromatic N) is 2. The van der Waals surface area contributed by atoms with E-state index < -0.39 is 5.78 Å². The number of benzene rings is 3. The van der Waals surface area contributed by atoms with E-state index in [-0.39, 0.29) is 32.5 Å². The number of pyridine rings is 2. The van der Waals surface area contributed by atoms with E-state index >= 15 is 0 Å². The number of hydrogen-bond acceptors (Lipinski definition) is 4. The Hall–Kier alpha value is -4.20. The van der Waals surface area contributed by atoms with Crippen LogP contribution in [-0.2, 0) is 6.42 Å². The molecule has 0 aliphatic carbocycles. The lowest BCUT2D eigenvalue weighted by Gasteiger charge is -2.27. The molecule has 0 fully saturated rings. The third-order valence-electron chi connectivity index (χ3n) is 6.66. The lowest BCUT2D eigenvalue weighted by atomic mass is 9.96. The molecule has 0 bridgehead atoms. The van der Waals surface area contributed by atoms with Crippen LogP contribution in [0.5, 0.6) is 0 Å². The molecule has 5 aromatic rings. The van der Waals surface area contributed by atoms with Gasteiger partial charge in [-0.3, -0.25) is 9.59 Å². The number of carbonyl (C=O) groups excluding carboxylic acids is 2. The smallest absolute Gasteiger partial charge is 0.351 e. The van der Waals surface area contributed by atoms with Crippen molar-refractivity contribution >= 4 is 44.2 Å². The molecule has 0 aliphatic heterocycles. The third-order valence-corrected chi connectivity index (χ3v) is 7.10. The van der Waals surface area contributed by atoms with Crippen molar-refractivity contribution < 1.29 is 9.59 Å². The van der Waals surface area contributed by atoms with E-state index in [1.54, 1.807) is 44.4 Å². The summed E-state index contributed by atoms with van der Waals surface area (Å²) in [6.45, 7) is 0. The summed E-state index contributed by atoms with van der Waals surface area (Å²) in [5.41, 5.74) is 3.23. The summed E-state index contributed by atoms with van der Waals surface area (Å²) in [5.74, 6) is -0.745. The molecule has 0 saturated carbocycles. The second-order valence-electron chi connectivity index (χ2n) is 9.51. The van der Waals surface area contributed by atoms with Gasteiger partial charge in [0.1, 0.15) is 10.3 Å². The summed E-state index contributed by atoms with van der Waals surface area (Å²) in [5, 5.41) is 0.410. The van der Waals surface area contributed by atoms with Crippen LogP contribution in [0.15, 0.2) is 107 Å². The van der Waals surface area contributed by atoms with Crippen molar-refractivity contribution in [1.82, 2.24) is 14.5 Å². The number of nitrogens with one attached hydrogen (secondary N) is 1. The molecule has 0 saturated heterocycles. The van der Waals surface area contributed by atoms with Crippen molar-refractivity contribution in [2.24, 2.45) is 0 Å². The van der Waals surface area contributed by atoms with Crippen LogP contribution in [0.25, 0.3) is 10.9 Å². The first-order chi connectivity index (χ1) is 18.3. The van der Waals surface area contributed by atoms with E-state index in [2.05, 4.69) is 25.9 Å². The maximum absolute atomic E-state index is 13.7. The highest BCUT2D eigenvalue weighted by molar-refractivity contribution is 9.10. The quantitative estimate of drug-likeness (QED) is 0.157. The number of quaternary nitrogens is 1. The first-order valence-corrected chi connectivity index (χ1v) is 12.9. The molecule has 0 aliphatic rings. The van der Waals surface area contributed by atoms with Crippen molar-refractivity contribution in [1.29, 1.82) is 0 Å². The van der Waals surface area contributed by atoms with Gasteiger partial charge in [-0.05, 0) is 64.0 Å². The van der Waals surface area contributed by atoms with Gasteiger partial charge in [-0.25, -0.2) is 14.3 Å². The summed E-state index contributed by atoms with van der Waals surface area (Å²) in [6.07, 6.45) is 1.97. The summed E-state index contributed by atoms with van der Waals surface area (Å²) in [6, 6.07) is 27.3. The number of carbonyl (C=O) groups is 2. The zero-order chi connectivity index (χ0) is 26.9. The average Bonchev–Trinajstić information content (AvgIpc) is 2.93. The van der Waals surface area contributed by atoms with Crippen LogP contribution >= 0.6 is 15.9 Å². The van der Waals surface area contributed by atoms with Crippen molar-refractivity contribution in [3.05, 3.63) is 140 Å². The van der Waals surface area contributed by atoms with Gasteiger partial charge < -0.3 is 4.98 Å². The van der Waals surface area contributed by atoms with Crippen LogP contribution < -0.4 is 9.91 Å². The molecular weight excluding hydrogens is 542 g/mol. The minimum Gasteiger partial charge on any atom is -0.360 e. The Labute approximate surface area is 228 Å². The molecule has 0 atom stereocenters. The molecule has 0 unspecified atom stereocenters. The van der Waals surface area contributed by atoms with Gasteiger partial charge in [0, 0.05) is 34.8 Å². The Balaban J connectivity index is 1.53. The van der Waals surface area contributed by atoms with Crippen LogP contribution in [0.2, 0.25) is 0 Å². The summed E-state index contributed by atoms with van der Waals surface area (Å²) < 4.78 is 0.662. The summed E-state index contributed by atoms with van der Waals surface area (Å²) in [4.78, 5) is 48.5. The van der Waals surface area contributed by atoms with Gasteiger partial charge >= 0.3 is 5.91 Å². The maximum Gasteiger partial charge on any atom is 0.351 e. The molecule has 5 rings (SSSR count). The van der Waals surface area contributed by atoms with Crippen LogP contribution in [0.3, 0.4) is 0 Å². The van der Waals surface area contributed by atoms with Crippen LogP contribution in [-0.4, -0.2) is 35.8 Å². The van der Waals surface area contributed by atoms with Gasteiger partial charge in [-0.15, -0.1) is 0 Å². The molecule has 3 aromatic carbocycles. The number of fused-ring (bicyclic) bond motifs is 1. The minimum atomic E-state index is -0.496. The molecule has 2 heterocycles. The molecular formula is C31H25BrN3O3+. The van der Waals surface area contributed by atoms with E-state index in [9.17, 15) is 14.4 Å². The number of H-pyrrole nitrogens is 1. The lowest BCUT2D eigenvalue weighted by Crippen LogP contribution is -2.47. The molecule has 38 heavy (non-hydrogen) atoms. The molecule has 188 valence electrons. The topological polar surface area (TPSA) is 79.9 Å². The van der Waals surface area contributed by atoms with Gasteiger partial charge in [0.15, 0.2) is 5.78 Å². The molecule has 0 radical (unpaired) electrons. The molecule has 1 N–H and O–H groups in total. The van der Waals surface area contributed by atoms with E-state index in [0.717, 1.165) is 21.5 Å². The third kappa shape index (κ3) is 4.86. The van der Waals surface area contributed by atoms with E-state index in [1.807, 2.05) is 60.7 Å². The Morgan fingerprint density at radius 1 is 0.842 bits per heavy atom. The van der Waals surface area contributed by atoms with Crippen molar-refractivity contribution in [3.8, 4) is 0 Å². The lowest BCUT2D eigenvalue weighted by molar-refractivity contribution is 0.0826. The number of para-hydroxylation sites is 1. The number of hydrogen-bond donors (Lipinski definition) is 1. The SMILES string of the molecule is C[N+](C)(C(=O)c1ccccc1C(=O)c1c[nH]c2ccc(Cc3cccc(Br)n3)cc2c1=O)c1ccccc1. The minimum absolute atomic E-state index is 0.0134. The number of aromatic nitrogens is 2. The van der Waals surface area contributed by atoms with E-state index in [0.29, 0.717) is 17.3 Å². The van der Waals surface area contributed by atoms with Gasteiger partial charge in [0.25, 0.3) is 0 Å². The molecule has 1 amide bonds. The Morgan fingerprint density at radius 3 is 2.29 bits per heavy atom. The van der Waals surface area contributed by atoms with Gasteiger partial charge in [-0.1, -0.05) is 48.5 Å². The normalized spacial score (nSPS) is 11.4. The predicted octanol–water partition coefficient (Wildman–Crippen LogP) is 5.91. The van der Waals surface area contributed by atoms with Gasteiger partial charge in [-0.2, -0.15) is 0 Å². The fourth-order valence-electron chi connectivity index (χ4n) is 4.53. The fraction of sp³-hybridized carbons (Fsp3) is 0.0968. The predicted molar refractivity (Wildman–Crippen MR) is 154 cm³/mol. The first-order valence-electron chi connectivity index (χ1n) is 12.1. The number of rotatable bonds is 6. The van der Waals surface area contributed by atoms with Crippen molar-refractivity contribution in [3.63, 3.8) is 0 Å². The standard InChI is InChI=1S/C31H24BrN3O3/c1-35(2,22-10-4-3-5-11-22)31(38)24-13-7-6-12-23(24)29(36)26-19-33-27-16-15-20(18-25(27)30(26)37)17-21-9-8-14-28(32)34-21/h3-16,18-19H,17H2,1-2H3/p+1. The highest BCUT2D eigenvalue weighted by atomic mass is 79.9. The molecule has 2 aromatic heterocycles. The first kappa shape index (κ1) is 25.4. The van der Waals surface area contributed by atoms with Gasteiger partial charge in [0.2, 0.25) is 5.43 Å². The zero-order valence-corrected chi connectivity index (χ0v) is 22.5. The van der Waals surface area contributed by atoms with Crippen LogP contribution in [0, 0.1) is 0 Å². The molecule has 6 nitrogen and oxygen atoms in total. The van der Waals surface area contributed by atoms with E-state index in [4.69, 9.17) is 0 Å². The van der Waals surface area contributed by atoms with Crippen LogP contribution in [0.1, 0.15) is 37.5 Å². The highest BCUT2D eigenvalue weighted by Crippen LogP contribution is 2.24. The van der Waals surface area contributed by atoms with Gasteiger partial charge in [0.05, 0.1) is 25.2 Å². The largest absolute Gasteiger partial charge is 0.360 e. The number of ketones is 1. The summed E-state index contributed by atoms with van der Waals surface area (Å²) >= 11 is 3.39. The Kier molecular flexibility index (Phi) is 6.89. The number of halogens is 1. The monoisotopic (exact) mass is 566 g/mol. The number of aromatic amines is 1. The Morgan fingerprint density at radius 2 is 1.55 bits per heavy atom. The average molecular weight is 567 g/mol. The highest BCUT2D eigenvalue weighted by Gasteiger charge is 2.34. The van der Waals surface area contributed by atoms with Crippen molar-refractivity contribution in [2.45, 2.75) is 6.42 Å². The van der Waals surface area contributed by atoms with Crippen LogP contribution in [0.4, 0.5) is 5.69 Å². The molecule has 7 heteroatoms. The molecule has 0 spiro atoms. The Bertz CT molecular complexity index is 1740. The zero-order valence-electron chi connectivity index (χ0n) is 20.9. The fourth-order valence-corrected chi connectivity index (χ4v) is 4.91. The maximum atomic E-state index is 13.7. The summed E-state index contributed by atoms with van der Waals surface area (Å²) in [7, 11) is 3.56. The second-order valence-corrected chi connectivity index (χ2v) is 10.3. The van der Waals surface area contributed by atoms with Crippen molar-refractivity contribution in [2.75, 3.05) is 14.1 Å². The van der Waals surface area contributed by atoms with E-state index in [1.165, 1.54) is 6.20 Å². The second kappa shape index (κ2) is 10.3.